The lowest BCUT2D eigenvalue weighted by atomic mass is 10.1. The first-order chi connectivity index (χ1) is 11.1. The molecule has 122 valence electrons. The topological polar surface area (TPSA) is 75.7 Å². The summed E-state index contributed by atoms with van der Waals surface area (Å²) in [5, 5.41) is 2.73. The zero-order valence-corrected chi connectivity index (χ0v) is 13.1. The van der Waals surface area contributed by atoms with Crippen molar-refractivity contribution in [2.75, 3.05) is 25.0 Å². The van der Waals surface area contributed by atoms with Gasteiger partial charge in [-0.15, -0.1) is 6.58 Å². The van der Waals surface area contributed by atoms with Crippen LogP contribution in [0.25, 0.3) is 0 Å². The predicted octanol–water partition coefficient (Wildman–Crippen LogP) is 1.84. The molecule has 23 heavy (non-hydrogen) atoms. The van der Waals surface area contributed by atoms with Gasteiger partial charge in [-0.25, -0.2) is 4.79 Å². The van der Waals surface area contributed by atoms with E-state index in [0.29, 0.717) is 24.3 Å². The Labute approximate surface area is 135 Å². The van der Waals surface area contributed by atoms with Crippen molar-refractivity contribution in [3.05, 3.63) is 42.5 Å². The lowest BCUT2D eigenvalue weighted by Gasteiger charge is -2.15. The average molecular weight is 316 g/mol. The van der Waals surface area contributed by atoms with Gasteiger partial charge in [-0.05, 0) is 19.1 Å². The maximum Gasteiger partial charge on any atom is 0.340 e. The lowest BCUT2D eigenvalue weighted by Crippen LogP contribution is -2.28. The van der Waals surface area contributed by atoms with Crippen LogP contribution in [0.5, 0.6) is 0 Å². The molecule has 1 aliphatic rings. The van der Waals surface area contributed by atoms with Crippen LogP contribution in [0, 0.1) is 5.92 Å². The summed E-state index contributed by atoms with van der Waals surface area (Å²) in [5.74, 6) is -1.26. The summed E-state index contributed by atoms with van der Waals surface area (Å²) in [6.45, 7) is 6.37. The smallest absolute Gasteiger partial charge is 0.340 e. The van der Waals surface area contributed by atoms with E-state index in [1.165, 1.54) is 0 Å². The highest BCUT2D eigenvalue weighted by molar-refractivity contribution is 6.03. The number of carbonyl (C=O) groups is 3. The first kappa shape index (κ1) is 16.7. The molecule has 1 aromatic rings. The third-order valence-electron chi connectivity index (χ3n) is 3.62. The molecule has 1 atom stereocenters. The fourth-order valence-corrected chi connectivity index (χ4v) is 2.49. The summed E-state index contributed by atoms with van der Waals surface area (Å²) in [4.78, 5) is 37.7. The van der Waals surface area contributed by atoms with Crippen molar-refractivity contribution >= 4 is 23.5 Å². The van der Waals surface area contributed by atoms with Gasteiger partial charge < -0.3 is 15.0 Å². The molecule has 1 fully saturated rings. The molecule has 2 amide bonds. The molecule has 0 radical (unpaired) electrons. The number of rotatable bonds is 6. The Balaban J connectivity index is 2.08. The number of hydrogen-bond donors (Lipinski definition) is 1. The number of amides is 2. The summed E-state index contributed by atoms with van der Waals surface area (Å²) in [6.07, 6.45) is 1.80. The van der Waals surface area contributed by atoms with Gasteiger partial charge in [-0.2, -0.15) is 0 Å². The van der Waals surface area contributed by atoms with Crippen LogP contribution in [0.3, 0.4) is 0 Å². The standard InChI is InChI=1S/C17H20N2O4/c1-3-9-19-11-12(10-15(19)20)16(21)18-14-8-6-5-7-13(14)17(22)23-4-2/h3,5-8,12H,1,4,9-11H2,2H3,(H,18,21). The molecule has 1 aromatic carbocycles. The number of hydrogen-bond acceptors (Lipinski definition) is 4. The van der Waals surface area contributed by atoms with Crippen molar-refractivity contribution in [2.45, 2.75) is 13.3 Å². The third-order valence-corrected chi connectivity index (χ3v) is 3.62. The second kappa shape index (κ2) is 7.58. The van der Waals surface area contributed by atoms with Gasteiger partial charge in [0.25, 0.3) is 0 Å². The maximum absolute atomic E-state index is 12.4. The van der Waals surface area contributed by atoms with E-state index < -0.39 is 11.9 Å². The zero-order chi connectivity index (χ0) is 16.8. The Morgan fingerprint density at radius 1 is 1.43 bits per heavy atom. The molecule has 0 aromatic heterocycles. The van der Waals surface area contributed by atoms with Gasteiger partial charge in [0, 0.05) is 19.5 Å². The van der Waals surface area contributed by atoms with Crippen LogP contribution in [0.4, 0.5) is 5.69 Å². The normalized spacial score (nSPS) is 17.0. The van der Waals surface area contributed by atoms with Crippen LogP contribution in [0.1, 0.15) is 23.7 Å². The van der Waals surface area contributed by atoms with Crippen molar-refractivity contribution in [3.63, 3.8) is 0 Å². The molecular formula is C17H20N2O4. The minimum absolute atomic E-state index is 0.0660. The molecule has 1 heterocycles. The van der Waals surface area contributed by atoms with E-state index in [1.54, 1.807) is 42.2 Å². The van der Waals surface area contributed by atoms with Crippen LogP contribution < -0.4 is 5.32 Å². The Morgan fingerprint density at radius 3 is 2.87 bits per heavy atom. The highest BCUT2D eigenvalue weighted by Crippen LogP contribution is 2.22. The number of para-hydroxylation sites is 1. The Hall–Kier alpha value is -2.63. The Bertz CT molecular complexity index is 627. The second-order valence-electron chi connectivity index (χ2n) is 5.24. The molecule has 0 bridgehead atoms. The van der Waals surface area contributed by atoms with Gasteiger partial charge in [0.2, 0.25) is 11.8 Å². The molecule has 1 saturated heterocycles. The largest absolute Gasteiger partial charge is 0.462 e. The SMILES string of the molecule is C=CCN1CC(C(=O)Nc2ccccc2C(=O)OCC)CC1=O. The van der Waals surface area contributed by atoms with Crippen LogP contribution >= 0.6 is 0 Å². The lowest BCUT2D eigenvalue weighted by molar-refractivity contribution is -0.127. The highest BCUT2D eigenvalue weighted by Gasteiger charge is 2.34. The number of carbonyl (C=O) groups excluding carboxylic acids is 3. The minimum Gasteiger partial charge on any atom is -0.462 e. The highest BCUT2D eigenvalue weighted by atomic mass is 16.5. The Morgan fingerprint density at radius 2 is 2.17 bits per heavy atom. The zero-order valence-electron chi connectivity index (χ0n) is 13.1. The van der Waals surface area contributed by atoms with E-state index >= 15 is 0 Å². The van der Waals surface area contributed by atoms with Gasteiger partial charge in [0.1, 0.15) is 0 Å². The monoisotopic (exact) mass is 316 g/mol. The molecule has 6 nitrogen and oxygen atoms in total. The first-order valence-electron chi connectivity index (χ1n) is 7.52. The molecule has 0 saturated carbocycles. The molecule has 2 rings (SSSR count). The maximum atomic E-state index is 12.4. The molecule has 1 unspecified atom stereocenters. The van der Waals surface area contributed by atoms with E-state index in [4.69, 9.17) is 4.74 Å². The van der Waals surface area contributed by atoms with Crippen molar-refractivity contribution in [1.29, 1.82) is 0 Å². The quantitative estimate of drug-likeness (QED) is 0.642. The van der Waals surface area contributed by atoms with E-state index in [-0.39, 0.29) is 24.8 Å². The number of esters is 1. The van der Waals surface area contributed by atoms with Gasteiger partial charge in [0.05, 0.1) is 23.8 Å². The summed E-state index contributed by atoms with van der Waals surface area (Å²) >= 11 is 0. The average Bonchev–Trinajstić information content (AvgIpc) is 2.90. The van der Waals surface area contributed by atoms with E-state index in [9.17, 15) is 14.4 Å². The van der Waals surface area contributed by atoms with Gasteiger partial charge >= 0.3 is 5.97 Å². The van der Waals surface area contributed by atoms with Gasteiger partial charge in [-0.1, -0.05) is 18.2 Å². The summed E-state index contributed by atoms with van der Waals surface area (Å²) < 4.78 is 4.98. The molecule has 0 spiro atoms. The number of nitrogens with zero attached hydrogens (tertiary/aromatic N) is 1. The van der Waals surface area contributed by atoms with Gasteiger partial charge in [-0.3, -0.25) is 9.59 Å². The number of nitrogens with one attached hydrogen (secondary N) is 1. The molecule has 1 N–H and O–H groups in total. The molecule has 0 aliphatic carbocycles. The minimum atomic E-state index is -0.487. The predicted molar refractivity (Wildman–Crippen MR) is 85.9 cm³/mol. The van der Waals surface area contributed by atoms with Crippen molar-refractivity contribution in [3.8, 4) is 0 Å². The summed E-state index contributed by atoms with van der Waals surface area (Å²) in [6, 6.07) is 6.66. The van der Waals surface area contributed by atoms with E-state index in [0.717, 1.165) is 0 Å². The summed E-state index contributed by atoms with van der Waals surface area (Å²) in [7, 11) is 0. The van der Waals surface area contributed by atoms with Crippen LogP contribution in [0.15, 0.2) is 36.9 Å². The first-order valence-corrected chi connectivity index (χ1v) is 7.52. The summed E-state index contributed by atoms with van der Waals surface area (Å²) in [5.41, 5.74) is 0.695. The van der Waals surface area contributed by atoms with E-state index in [2.05, 4.69) is 11.9 Å². The van der Waals surface area contributed by atoms with Crippen molar-refractivity contribution in [2.24, 2.45) is 5.92 Å². The fraction of sp³-hybridized carbons (Fsp3) is 0.353. The molecule has 6 heteroatoms. The third kappa shape index (κ3) is 3.97. The number of anilines is 1. The van der Waals surface area contributed by atoms with Crippen LogP contribution in [-0.2, 0) is 14.3 Å². The molecule has 1 aliphatic heterocycles. The fourth-order valence-electron chi connectivity index (χ4n) is 2.49. The van der Waals surface area contributed by atoms with Crippen LogP contribution in [0.2, 0.25) is 0 Å². The van der Waals surface area contributed by atoms with Crippen molar-refractivity contribution < 1.29 is 19.1 Å². The van der Waals surface area contributed by atoms with Gasteiger partial charge in [0.15, 0.2) is 0 Å². The van der Waals surface area contributed by atoms with Crippen LogP contribution in [-0.4, -0.2) is 42.4 Å². The number of benzene rings is 1. The Kier molecular flexibility index (Phi) is 5.51. The van der Waals surface area contributed by atoms with E-state index in [1.807, 2.05) is 0 Å². The second-order valence-corrected chi connectivity index (χ2v) is 5.24. The molecular weight excluding hydrogens is 296 g/mol. The van der Waals surface area contributed by atoms with Crippen molar-refractivity contribution in [1.82, 2.24) is 4.90 Å². The number of ether oxygens (including phenoxy) is 1. The number of likely N-dealkylation sites (tertiary alicyclic amines) is 1.